The Bertz CT molecular complexity index is 1520. The number of fused-ring (bicyclic) bond motifs is 2. The first-order valence-corrected chi connectivity index (χ1v) is 12.0. The smallest absolute Gasteiger partial charge is 0.327 e. The number of nitrogens with one attached hydrogen (secondary N) is 1. The van der Waals surface area contributed by atoms with Crippen LogP contribution in [0.5, 0.6) is 0 Å². The number of aromatic nitrogens is 2. The summed E-state index contributed by atoms with van der Waals surface area (Å²) < 4.78 is 0. The molecule has 1 amide bonds. The van der Waals surface area contributed by atoms with Crippen molar-refractivity contribution in [1.29, 1.82) is 0 Å². The predicted molar refractivity (Wildman–Crippen MR) is 142 cm³/mol. The monoisotopic (exact) mass is 477 g/mol. The van der Waals surface area contributed by atoms with Gasteiger partial charge in [-0.05, 0) is 45.7 Å². The number of hydrogen-bond acceptors (Lipinski definition) is 3. The Labute approximate surface area is 209 Å². The van der Waals surface area contributed by atoms with Crippen molar-refractivity contribution >= 4 is 39.1 Å². The second kappa shape index (κ2) is 10.0. The third-order valence-electron chi connectivity index (χ3n) is 6.64. The Morgan fingerprint density at radius 2 is 1.61 bits per heavy atom. The number of amides is 1. The zero-order chi connectivity index (χ0) is 25.1. The molecule has 0 fully saturated rings. The van der Waals surface area contributed by atoms with E-state index in [1.165, 1.54) is 11.2 Å². The summed E-state index contributed by atoms with van der Waals surface area (Å²) in [5, 5.41) is 14.4. The van der Waals surface area contributed by atoms with E-state index in [9.17, 15) is 14.7 Å². The quantitative estimate of drug-likeness (QED) is 0.304. The van der Waals surface area contributed by atoms with Crippen molar-refractivity contribution < 1.29 is 14.7 Å². The number of anilines is 1. The van der Waals surface area contributed by atoms with E-state index in [1.54, 1.807) is 6.20 Å². The molecule has 2 atom stereocenters. The lowest BCUT2D eigenvalue weighted by atomic mass is 9.94. The van der Waals surface area contributed by atoms with Crippen LogP contribution in [0.15, 0.2) is 97.5 Å². The van der Waals surface area contributed by atoms with Gasteiger partial charge in [-0.25, -0.2) is 9.78 Å². The summed E-state index contributed by atoms with van der Waals surface area (Å²) in [6.45, 7) is 1.87. The SMILES string of the molecule is CC(Cc1cccc2ccccc12)C(=O)N(c1ccc2ccccc2c1)[C@@H](Cc1cnc[nH]1)C(=O)O. The number of aliphatic carboxylic acids is 1. The first kappa shape index (κ1) is 23.3. The number of carbonyl (C=O) groups is 2. The Morgan fingerprint density at radius 1 is 0.889 bits per heavy atom. The summed E-state index contributed by atoms with van der Waals surface area (Å²) in [5.41, 5.74) is 2.28. The highest BCUT2D eigenvalue weighted by Crippen LogP contribution is 2.28. The molecule has 0 spiro atoms. The van der Waals surface area contributed by atoms with Crippen molar-refractivity contribution in [2.75, 3.05) is 4.90 Å². The minimum Gasteiger partial charge on any atom is -0.480 e. The number of carbonyl (C=O) groups excluding carboxylic acids is 1. The molecule has 0 bridgehead atoms. The van der Waals surface area contributed by atoms with Gasteiger partial charge in [0.1, 0.15) is 6.04 Å². The Hall–Kier alpha value is -4.45. The van der Waals surface area contributed by atoms with Crippen molar-refractivity contribution in [2.45, 2.75) is 25.8 Å². The van der Waals surface area contributed by atoms with Crippen LogP contribution in [0.1, 0.15) is 18.2 Å². The number of carboxylic acids is 1. The first-order valence-electron chi connectivity index (χ1n) is 12.0. The highest BCUT2D eigenvalue weighted by Gasteiger charge is 2.34. The molecular formula is C30H27N3O3. The van der Waals surface area contributed by atoms with Crippen LogP contribution in [-0.4, -0.2) is 33.0 Å². The minimum absolute atomic E-state index is 0.120. The molecular weight excluding hydrogens is 450 g/mol. The molecule has 4 aromatic carbocycles. The van der Waals surface area contributed by atoms with Crippen molar-refractivity contribution in [3.05, 3.63) is 109 Å². The van der Waals surface area contributed by atoms with Gasteiger partial charge in [-0.2, -0.15) is 0 Å². The Kier molecular flexibility index (Phi) is 6.50. The summed E-state index contributed by atoms with van der Waals surface area (Å²) in [6.07, 6.45) is 3.73. The molecule has 0 aliphatic rings. The zero-order valence-corrected chi connectivity index (χ0v) is 20.0. The average Bonchev–Trinajstić information content (AvgIpc) is 3.41. The van der Waals surface area contributed by atoms with Gasteiger partial charge in [-0.3, -0.25) is 9.69 Å². The maximum absolute atomic E-state index is 14.0. The molecule has 0 aliphatic carbocycles. The van der Waals surface area contributed by atoms with Crippen LogP contribution in [0.2, 0.25) is 0 Å². The van der Waals surface area contributed by atoms with Crippen LogP contribution in [0.3, 0.4) is 0 Å². The number of benzene rings is 4. The average molecular weight is 478 g/mol. The van der Waals surface area contributed by atoms with Crippen molar-refractivity contribution in [3.8, 4) is 0 Å². The summed E-state index contributed by atoms with van der Waals surface area (Å²) in [5.74, 6) is -1.74. The number of carboxylic acid groups (broad SMARTS) is 1. The molecule has 0 saturated heterocycles. The van der Waals surface area contributed by atoms with E-state index in [0.29, 0.717) is 17.8 Å². The van der Waals surface area contributed by atoms with Gasteiger partial charge in [0.25, 0.3) is 0 Å². The molecule has 0 aliphatic heterocycles. The number of H-pyrrole nitrogens is 1. The first-order chi connectivity index (χ1) is 17.5. The lowest BCUT2D eigenvalue weighted by Crippen LogP contribution is -2.49. The van der Waals surface area contributed by atoms with E-state index in [2.05, 4.69) is 28.2 Å². The van der Waals surface area contributed by atoms with Crippen LogP contribution >= 0.6 is 0 Å². The summed E-state index contributed by atoms with van der Waals surface area (Å²) >= 11 is 0. The third-order valence-corrected chi connectivity index (χ3v) is 6.64. The summed E-state index contributed by atoms with van der Waals surface area (Å²) in [4.78, 5) is 35.0. The van der Waals surface area contributed by atoms with Crippen molar-refractivity contribution in [1.82, 2.24) is 9.97 Å². The van der Waals surface area contributed by atoms with Crippen molar-refractivity contribution in [3.63, 3.8) is 0 Å². The molecule has 1 unspecified atom stereocenters. The normalized spacial score (nSPS) is 12.9. The molecule has 180 valence electrons. The van der Waals surface area contributed by atoms with Gasteiger partial charge in [0.2, 0.25) is 5.91 Å². The Balaban J connectivity index is 1.54. The van der Waals surface area contributed by atoms with Crippen LogP contribution in [0.4, 0.5) is 5.69 Å². The van der Waals surface area contributed by atoms with E-state index in [4.69, 9.17) is 0 Å². The van der Waals surface area contributed by atoms with Crippen LogP contribution in [-0.2, 0) is 22.4 Å². The van der Waals surface area contributed by atoms with Gasteiger partial charge in [0, 0.05) is 29.9 Å². The summed E-state index contributed by atoms with van der Waals surface area (Å²) in [6, 6.07) is 26.6. The van der Waals surface area contributed by atoms with E-state index in [-0.39, 0.29) is 12.3 Å². The lowest BCUT2D eigenvalue weighted by molar-refractivity contribution is -0.140. The molecule has 6 heteroatoms. The topological polar surface area (TPSA) is 86.3 Å². The fourth-order valence-electron chi connectivity index (χ4n) is 4.81. The van der Waals surface area contributed by atoms with Crippen LogP contribution in [0.25, 0.3) is 21.5 Å². The Morgan fingerprint density at radius 3 is 2.36 bits per heavy atom. The molecule has 36 heavy (non-hydrogen) atoms. The minimum atomic E-state index is -1.09. The molecule has 6 nitrogen and oxygen atoms in total. The lowest BCUT2D eigenvalue weighted by Gasteiger charge is -2.31. The molecule has 5 aromatic rings. The van der Waals surface area contributed by atoms with Gasteiger partial charge in [0.15, 0.2) is 0 Å². The van der Waals surface area contributed by atoms with Gasteiger partial charge in [-0.1, -0.05) is 79.7 Å². The molecule has 1 heterocycles. The highest BCUT2D eigenvalue weighted by molar-refractivity contribution is 6.02. The van der Waals surface area contributed by atoms with Crippen LogP contribution in [0, 0.1) is 5.92 Å². The van der Waals surface area contributed by atoms with E-state index in [0.717, 1.165) is 27.1 Å². The molecule has 5 rings (SSSR count). The largest absolute Gasteiger partial charge is 0.480 e. The molecule has 0 saturated carbocycles. The molecule has 1 aromatic heterocycles. The fraction of sp³-hybridized carbons (Fsp3) is 0.167. The number of hydrogen-bond donors (Lipinski definition) is 2. The fourth-order valence-corrected chi connectivity index (χ4v) is 4.81. The maximum Gasteiger partial charge on any atom is 0.327 e. The number of rotatable bonds is 8. The number of imidazole rings is 1. The second-order valence-electron chi connectivity index (χ2n) is 9.12. The second-order valence-corrected chi connectivity index (χ2v) is 9.12. The van der Waals surface area contributed by atoms with Gasteiger partial charge >= 0.3 is 5.97 Å². The van der Waals surface area contributed by atoms with E-state index < -0.39 is 17.9 Å². The van der Waals surface area contributed by atoms with E-state index in [1.807, 2.05) is 73.7 Å². The maximum atomic E-state index is 14.0. The summed E-state index contributed by atoms with van der Waals surface area (Å²) in [7, 11) is 0. The van der Waals surface area contributed by atoms with Gasteiger partial charge in [0.05, 0.1) is 6.33 Å². The number of aromatic amines is 1. The van der Waals surface area contributed by atoms with Gasteiger partial charge < -0.3 is 10.1 Å². The standard InChI is InChI=1S/C30H27N3O3/c1-20(15-24-11-6-10-22-8-4-5-12-27(22)24)29(34)33(28(30(35)36)17-25-18-31-19-32-25)26-14-13-21-7-2-3-9-23(21)16-26/h2-14,16,18-20,28H,15,17H2,1H3,(H,31,32)(H,35,36)/t20?,28-/m0/s1. The highest BCUT2D eigenvalue weighted by atomic mass is 16.4. The van der Waals surface area contributed by atoms with Gasteiger partial charge in [-0.15, -0.1) is 0 Å². The van der Waals surface area contributed by atoms with Crippen LogP contribution < -0.4 is 4.90 Å². The zero-order valence-electron chi connectivity index (χ0n) is 20.0. The molecule has 0 radical (unpaired) electrons. The van der Waals surface area contributed by atoms with Crippen molar-refractivity contribution in [2.24, 2.45) is 5.92 Å². The third kappa shape index (κ3) is 4.70. The van der Waals surface area contributed by atoms with E-state index >= 15 is 0 Å². The number of nitrogens with zero attached hydrogens (tertiary/aromatic N) is 2. The molecule has 2 N–H and O–H groups in total. The predicted octanol–water partition coefficient (Wildman–Crippen LogP) is 5.62.